The van der Waals surface area contributed by atoms with Crippen LogP contribution in [0.3, 0.4) is 0 Å². The molecule has 0 aromatic rings. The molecular weight excluding hydrogens is 232 g/mol. The average Bonchev–Trinajstić information content (AvgIpc) is 2.28. The van der Waals surface area contributed by atoms with E-state index in [0.717, 1.165) is 12.8 Å². The highest BCUT2D eigenvalue weighted by molar-refractivity contribution is 5.78. The van der Waals surface area contributed by atoms with Crippen molar-refractivity contribution in [1.82, 2.24) is 9.80 Å². The summed E-state index contributed by atoms with van der Waals surface area (Å²) in [7, 11) is 1.94. The molecule has 1 aliphatic heterocycles. The number of carbonyl (C=O) groups excluding carboxylic acids is 1. The topological polar surface area (TPSA) is 60.9 Å². The van der Waals surface area contributed by atoms with Crippen molar-refractivity contribution in [2.45, 2.75) is 39.2 Å². The highest BCUT2D eigenvalue weighted by Gasteiger charge is 2.24. The molecule has 1 aliphatic rings. The van der Waals surface area contributed by atoms with Crippen LogP contribution in [0.25, 0.3) is 0 Å². The highest BCUT2D eigenvalue weighted by Crippen LogP contribution is 2.20. The SMILES string of the molecule is CC(C)N(C)CC(=O)N1CCC(CC(=O)O)CC1. The fourth-order valence-electron chi connectivity index (χ4n) is 2.13. The maximum Gasteiger partial charge on any atom is 0.303 e. The Balaban J connectivity index is 2.34. The first kappa shape index (κ1) is 15.0. The summed E-state index contributed by atoms with van der Waals surface area (Å²) in [6.45, 7) is 5.96. The zero-order valence-corrected chi connectivity index (χ0v) is 11.6. The maximum atomic E-state index is 12.0. The molecule has 0 radical (unpaired) electrons. The molecule has 1 fully saturated rings. The molecule has 1 N–H and O–H groups in total. The summed E-state index contributed by atoms with van der Waals surface area (Å²) in [5.74, 6) is -0.353. The summed E-state index contributed by atoms with van der Waals surface area (Å²) in [4.78, 5) is 26.5. The monoisotopic (exact) mass is 256 g/mol. The van der Waals surface area contributed by atoms with E-state index in [0.29, 0.717) is 25.7 Å². The molecule has 0 unspecified atom stereocenters. The number of carbonyl (C=O) groups is 2. The molecule has 0 aliphatic carbocycles. The summed E-state index contributed by atoms with van der Waals surface area (Å²) in [6.07, 6.45) is 1.85. The molecule has 1 heterocycles. The van der Waals surface area contributed by atoms with Crippen LogP contribution in [0, 0.1) is 5.92 Å². The Morgan fingerprint density at radius 3 is 2.33 bits per heavy atom. The van der Waals surface area contributed by atoms with Crippen LogP contribution in [0.2, 0.25) is 0 Å². The van der Waals surface area contributed by atoms with Crippen LogP contribution < -0.4 is 0 Å². The number of likely N-dealkylation sites (tertiary alicyclic amines) is 1. The third-order valence-electron chi connectivity index (χ3n) is 3.70. The van der Waals surface area contributed by atoms with Crippen molar-refractivity contribution in [3.05, 3.63) is 0 Å². The van der Waals surface area contributed by atoms with Crippen LogP contribution in [0.15, 0.2) is 0 Å². The van der Waals surface area contributed by atoms with E-state index in [4.69, 9.17) is 5.11 Å². The van der Waals surface area contributed by atoms with Gasteiger partial charge in [0.15, 0.2) is 0 Å². The molecule has 1 amide bonds. The van der Waals surface area contributed by atoms with Crippen LogP contribution >= 0.6 is 0 Å². The Hall–Kier alpha value is -1.10. The number of hydrogen-bond donors (Lipinski definition) is 1. The van der Waals surface area contributed by atoms with Crippen molar-refractivity contribution in [3.63, 3.8) is 0 Å². The lowest BCUT2D eigenvalue weighted by Crippen LogP contribution is -2.44. The van der Waals surface area contributed by atoms with Gasteiger partial charge in [0.1, 0.15) is 0 Å². The predicted octanol–water partition coefficient (Wildman–Crippen LogP) is 1.04. The van der Waals surface area contributed by atoms with Gasteiger partial charge in [-0.2, -0.15) is 0 Å². The number of carboxylic acids is 1. The molecule has 104 valence electrons. The minimum atomic E-state index is -0.737. The van der Waals surface area contributed by atoms with Crippen LogP contribution in [0.4, 0.5) is 0 Å². The van der Waals surface area contributed by atoms with Crippen molar-refractivity contribution in [1.29, 1.82) is 0 Å². The number of nitrogens with zero attached hydrogens (tertiary/aromatic N) is 2. The normalized spacial score (nSPS) is 17.5. The van der Waals surface area contributed by atoms with Gasteiger partial charge in [-0.05, 0) is 39.7 Å². The zero-order valence-electron chi connectivity index (χ0n) is 11.6. The van der Waals surface area contributed by atoms with Gasteiger partial charge >= 0.3 is 5.97 Å². The molecule has 1 saturated heterocycles. The summed E-state index contributed by atoms with van der Waals surface area (Å²) in [6, 6.07) is 0.360. The fraction of sp³-hybridized carbons (Fsp3) is 0.846. The second-order valence-corrected chi connectivity index (χ2v) is 5.43. The maximum absolute atomic E-state index is 12.0. The van der Waals surface area contributed by atoms with E-state index in [1.54, 1.807) is 0 Å². The standard InChI is InChI=1S/C13H24N2O3/c1-10(2)14(3)9-12(16)15-6-4-11(5-7-15)8-13(17)18/h10-11H,4-9H2,1-3H3,(H,17,18). The van der Waals surface area contributed by atoms with E-state index in [1.165, 1.54) is 0 Å². The van der Waals surface area contributed by atoms with Gasteiger partial charge < -0.3 is 10.0 Å². The van der Waals surface area contributed by atoms with Crippen molar-refractivity contribution >= 4 is 11.9 Å². The van der Waals surface area contributed by atoms with Crippen molar-refractivity contribution in [2.75, 3.05) is 26.7 Å². The molecule has 1 rings (SSSR count). The number of aliphatic carboxylic acids is 1. The van der Waals surface area contributed by atoms with Gasteiger partial charge in [0.2, 0.25) is 5.91 Å². The van der Waals surface area contributed by atoms with Gasteiger partial charge in [0.25, 0.3) is 0 Å². The Kier molecular flexibility index (Phi) is 5.59. The van der Waals surface area contributed by atoms with Gasteiger partial charge in [-0.25, -0.2) is 0 Å². The third kappa shape index (κ3) is 4.64. The van der Waals surface area contributed by atoms with Gasteiger partial charge in [-0.15, -0.1) is 0 Å². The van der Waals surface area contributed by atoms with Gasteiger partial charge in [-0.1, -0.05) is 0 Å². The minimum Gasteiger partial charge on any atom is -0.481 e. The first-order valence-electron chi connectivity index (χ1n) is 6.60. The van der Waals surface area contributed by atoms with E-state index in [2.05, 4.69) is 13.8 Å². The predicted molar refractivity (Wildman–Crippen MR) is 69.3 cm³/mol. The fourth-order valence-corrected chi connectivity index (χ4v) is 2.13. The second-order valence-electron chi connectivity index (χ2n) is 5.43. The van der Waals surface area contributed by atoms with Gasteiger partial charge in [0.05, 0.1) is 6.54 Å². The minimum absolute atomic E-state index is 0.153. The number of amides is 1. The van der Waals surface area contributed by atoms with E-state index in [9.17, 15) is 9.59 Å². The molecule has 0 bridgehead atoms. The van der Waals surface area contributed by atoms with Crippen LogP contribution in [0.1, 0.15) is 33.1 Å². The first-order valence-corrected chi connectivity index (χ1v) is 6.60. The Labute approximate surface area is 109 Å². The number of piperidine rings is 1. The number of carboxylic acid groups (broad SMARTS) is 1. The van der Waals surface area contributed by atoms with E-state index >= 15 is 0 Å². The Bertz CT molecular complexity index is 297. The molecule has 0 aromatic heterocycles. The van der Waals surface area contributed by atoms with Gasteiger partial charge in [-0.3, -0.25) is 14.5 Å². The molecule has 5 nitrogen and oxygen atoms in total. The smallest absolute Gasteiger partial charge is 0.303 e. The zero-order chi connectivity index (χ0) is 13.7. The van der Waals surface area contributed by atoms with E-state index in [1.807, 2.05) is 16.8 Å². The summed E-state index contributed by atoms with van der Waals surface area (Å²) >= 11 is 0. The first-order chi connectivity index (χ1) is 8.40. The van der Waals surface area contributed by atoms with E-state index in [-0.39, 0.29) is 18.2 Å². The molecule has 0 saturated carbocycles. The van der Waals surface area contributed by atoms with E-state index < -0.39 is 5.97 Å². The number of hydrogen-bond acceptors (Lipinski definition) is 3. The number of likely N-dealkylation sites (N-methyl/N-ethyl adjacent to an activating group) is 1. The molecular formula is C13H24N2O3. The summed E-state index contributed by atoms with van der Waals surface area (Å²) in [5, 5.41) is 8.73. The highest BCUT2D eigenvalue weighted by atomic mass is 16.4. The lowest BCUT2D eigenvalue weighted by atomic mass is 9.93. The lowest BCUT2D eigenvalue weighted by molar-refractivity contribution is -0.138. The van der Waals surface area contributed by atoms with Gasteiger partial charge in [0, 0.05) is 25.6 Å². The van der Waals surface area contributed by atoms with Crippen molar-refractivity contribution in [3.8, 4) is 0 Å². The summed E-state index contributed by atoms with van der Waals surface area (Å²) < 4.78 is 0. The quantitative estimate of drug-likeness (QED) is 0.798. The third-order valence-corrected chi connectivity index (χ3v) is 3.70. The van der Waals surface area contributed by atoms with Crippen LogP contribution in [0.5, 0.6) is 0 Å². The molecule has 18 heavy (non-hydrogen) atoms. The Morgan fingerprint density at radius 1 is 1.33 bits per heavy atom. The van der Waals surface area contributed by atoms with Crippen LogP contribution in [-0.2, 0) is 9.59 Å². The summed E-state index contributed by atoms with van der Waals surface area (Å²) in [5.41, 5.74) is 0. The van der Waals surface area contributed by atoms with Crippen LogP contribution in [-0.4, -0.2) is 59.5 Å². The largest absolute Gasteiger partial charge is 0.481 e. The molecule has 5 heteroatoms. The lowest BCUT2D eigenvalue weighted by Gasteiger charge is -2.33. The Morgan fingerprint density at radius 2 is 1.89 bits per heavy atom. The number of rotatable bonds is 5. The average molecular weight is 256 g/mol. The van der Waals surface area contributed by atoms with Crippen molar-refractivity contribution < 1.29 is 14.7 Å². The second kappa shape index (κ2) is 6.73. The molecule has 0 spiro atoms. The molecule has 0 aromatic carbocycles. The molecule has 0 atom stereocenters. The van der Waals surface area contributed by atoms with Crippen molar-refractivity contribution in [2.24, 2.45) is 5.92 Å².